The van der Waals surface area contributed by atoms with Gasteiger partial charge in [0, 0.05) is 18.8 Å². The Morgan fingerprint density at radius 2 is 2.19 bits per heavy atom. The molecule has 5 nitrogen and oxygen atoms in total. The Morgan fingerprint density at radius 1 is 1.48 bits per heavy atom. The molecule has 1 aliphatic heterocycles. The van der Waals surface area contributed by atoms with E-state index in [1.807, 2.05) is 0 Å². The highest BCUT2D eigenvalue weighted by Crippen LogP contribution is 2.22. The molecule has 0 spiro atoms. The minimum absolute atomic E-state index is 0.0195. The zero-order valence-corrected chi connectivity index (χ0v) is 13.0. The fourth-order valence-electron chi connectivity index (χ4n) is 2.28. The van der Waals surface area contributed by atoms with Gasteiger partial charge < -0.3 is 5.32 Å². The number of sulfonamides is 1. The first-order chi connectivity index (χ1) is 9.77. The number of benzene rings is 1. The van der Waals surface area contributed by atoms with E-state index in [0.717, 1.165) is 12.3 Å². The molecule has 0 aromatic heterocycles. The predicted molar refractivity (Wildman–Crippen MR) is 79.2 cm³/mol. The summed E-state index contributed by atoms with van der Waals surface area (Å²) in [5.41, 5.74) is 0.304. The van der Waals surface area contributed by atoms with Gasteiger partial charge in [0.25, 0.3) is 0 Å². The van der Waals surface area contributed by atoms with Gasteiger partial charge in [-0.05, 0) is 31.0 Å². The first-order valence-electron chi connectivity index (χ1n) is 6.48. The van der Waals surface area contributed by atoms with E-state index in [2.05, 4.69) is 5.32 Å². The summed E-state index contributed by atoms with van der Waals surface area (Å²) in [4.78, 5) is 12.1. The molecule has 0 radical (unpaired) electrons. The van der Waals surface area contributed by atoms with E-state index in [4.69, 9.17) is 11.6 Å². The second kappa shape index (κ2) is 6.29. The number of amides is 1. The van der Waals surface area contributed by atoms with Crippen LogP contribution < -0.4 is 5.32 Å². The Labute approximate surface area is 128 Å². The number of carbonyl (C=O) groups excluding carboxylic acids is 1. The molecule has 1 heterocycles. The maximum absolute atomic E-state index is 13.3. The molecule has 1 aliphatic rings. The third kappa shape index (κ3) is 4.15. The van der Waals surface area contributed by atoms with Crippen LogP contribution in [-0.2, 0) is 14.8 Å². The fraction of sp³-hybridized carbons (Fsp3) is 0.462. The van der Waals surface area contributed by atoms with Gasteiger partial charge in [0.2, 0.25) is 15.9 Å². The van der Waals surface area contributed by atoms with Crippen molar-refractivity contribution in [2.24, 2.45) is 5.92 Å². The number of anilines is 1. The molecule has 2 rings (SSSR count). The van der Waals surface area contributed by atoms with Crippen LogP contribution in [0.15, 0.2) is 18.2 Å². The first kappa shape index (κ1) is 16.2. The van der Waals surface area contributed by atoms with Gasteiger partial charge in [-0.3, -0.25) is 4.79 Å². The number of halogens is 2. The van der Waals surface area contributed by atoms with E-state index in [-0.39, 0.29) is 17.5 Å². The molecule has 1 saturated heterocycles. The highest BCUT2D eigenvalue weighted by molar-refractivity contribution is 7.88. The lowest BCUT2D eigenvalue weighted by molar-refractivity contribution is -0.120. The molecule has 0 saturated carbocycles. The van der Waals surface area contributed by atoms with E-state index in [0.29, 0.717) is 25.1 Å². The van der Waals surface area contributed by atoms with E-state index in [1.54, 1.807) is 0 Å². The summed E-state index contributed by atoms with van der Waals surface area (Å²) in [5, 5.41) is 2.57. The van der Waals surface area contributed by atoms with Crippen LogP contribution in [0.2, 0.25) is 5.02 Å². The van der Waals surface area contributed by atoms with Crippen LogP contribution in [-0.4, -0.2) is 38.0 Å². The van der Waals surface area contributed by atoms with Crippen molar-refractivity contribution >= 4 is 33.2 Å². The molecule has 1 fully saturated rings. The van der Waals surface area contributed by atoms with Crippen LogP contribution in [0.5, 0.6) is 0 Å². The van der Waals surface area contributed by atoms with Crippen molar-refractivity contribution in [3.05, 3.63) is 29.0 Å². The zero-order chi connectivity index (χ0) is 15.6. The molecule has 21 heavy (non-hydrogen) atoms. The molecular formula is C13H16ClFN2O3S. The van der Waals surface area contributed by atoms with Crippen molar-refractivity contribution in [3.63, 3.8) is 0 Å². The highest BCUT2D eigenvalue weighted by atomic mass is 35.5. The SMILES string of the molecule is CS(=O)(=O)N1CCC[C@H](C(=O)Nc2ccc(Cl)c(F)c2)C1. The molecule has 1 atom stereocenters. The average Bonchev–Trinajstić information content (AvgIpc) is 2.42. The Kier molecular flexibility index (Phi) is 4.85. The predicted octanol–water partition coefficient (Wildman–Crippen LogP) is 2.09. The van der Waals surface area contributed by atoms with Gasteiger partial charge in [0.1, 0.15) is 5.82 Å². The Bertz CT molecular complexity index is 651. The second-order valence-electron chi connectivity index (χ2n) is 5.08. The lowest BCUT2D eigenvalue weighted by Gasteiger charge is -2.30. The van der Waals surface area contributed by atoms with Crippen LogP contribution in [0, 0.1) is 11.7 Å². The average molecular weight is 335 g/mol. The smallest absolute Gasteiger partial charge is 0.228 e. The standard InChI is InChI=1S/C13H16ClFN2O3S/c1-21(19,20)17-6-2-3-9(8-17)13(18)16-10-4-5-11(14)12(15)7-10/h4-5,7,9H,2-3,6,8H2,1H3,(H,16,18)/t9-/m0/s1. The lowest BCUT2D eigenvalue weighted by atomic mass is 9.99. The summed E-state index contributed by atoms with van der Waals surface area (Å²) in [6.07, 6.45) is 2.36. The molecule has 0 aliphatic carbocycles. The number of rotatable bonds is 3. The number of carbonyl (C=O) groups is 1. The van der Waals surface area contributed by atoms with Crippen LogP contribution in [0.3, 0.4) is 0 Å². The highest BCUT2D eigenvalue weighted by Gasteiger charge is 2.30. The summed E-state index contributed by atoms with van der Waals surface area (Å²) in [6.45, 7) is 0.582. The first-order valence-corrected chi connectivity index (χ1v) is 8.71. The van der Waals surface area contributed by atoms with Gasteiger partial charge in [0.05, 0.1) is 17.2 Å². The van der Waals surface area contributed by atoms with Gasteiger partial charge in [-0.2, -0.15) is 0 Å². The molecule has 116 valence electrons. The van der Waals surface area contributed by atoms with Crippen molar-refractivity contribution in [3.8, 4) is 0 Å². The van der Waals surface area contributed by atoms with Crippen molar-refractivity contribution in [1.29, 1.82) is 0 Å². The fourth-order valence-corrected chi connectivity index (χ4v) is 3.30. The molecule has 1 amide bonds. The number of nitrogens with one attached hydrogen (secondary N) is 1. The van der Waals surface area contributed by atoms with Crippen LogP contribution in [0.25, 0.3) is 0 Å². The lowest BCUT2D eigenvalue weighted by Crippen LogP contribution is -2.43. The van der Waals surface area contributed by atoms with E-state index in [1.165, 1.54) is 16.4 Å². The minimum Gasteiger partial charge on any atom is -0.326 e. The molecule has 8 heteroatoms. The molecule has 1 aromatic rings. The number of hydrogen-bond acceptors (Lipinski definition) is 3. The largest absolute Gasteiger partial charge is 0.326 e. The Hall–Kier alpha value is -1.18. The normalized spacial score (nSPS) is 20.2. The minimum atomic E-state index is -3.30. The van der Waals surface area contributed by atoms with E-state index < -0.39 is 21.8 Å². The topological polar surface area (TPSA) is 66.5 Å². The third-order valence-corrected chi connectivity index (χ3v) is 4.99. The summed E-state index contributed by atoms with van der Waals surface area (Å²) < 4.78 is 37.7. The van der Waals surface area contributed by atoms with Crippen molar-refractivity contribution in [1.82, 2.24) is 4.31 Å². The quantitative estimate of drug-likeness (QED) is 0.920. The maximum Gasteiger partial charge on any atom is 0.228 e. The molecule has 1 N–H and O–H groups in total. The maximum atomic E-state index is 13.3. The Morgan fingerprint density at radius 3 is 2.81 bits per heavy atom. The summed E-state index contributed by atoms with van der Waals surface area (Å²) in [5.74, 6) is -1.37. The molecular weight excluding hydrogens is 319 g/mol. The zero-order valence-electron chi connectivity index (χ0n) is 11.5. The number of piperidine rings is 1. The monoisotopic (exact) mass is 334 g/mol. The Balaban J connectivity index is 2.04. The van der Waals surface area contributed by atoms with Crippen molar-refractivity contribution in [2.75, 3.05) is 24.7 Å². The summed E-state index contributed by atoms with van der Waals surface area (Å²) in [6, 6.07) is 3.99. The summed E-state index contributed by atoms with van der Waals surface area (Å²) >= 11 is 5.57. The number of nitrogens with zero attached hydrogens (tertiary/aromatic N) is 1. The van der Waals surface area contributed by atoms with Gasteiger partial charge in [-0.15, -0.1) is 0 Å². The van der Waals surface area contributed by atoms with Crippen LogP contribution in [0.1, 0.15) is 12.8 Å². The van der Waals surface area contributed by atoms with Gasteiger partial charge in [0.15, 0.2) is 0 Å². The van der Waals surface area contributed by atoms with Gasteiger partial charge in [-0.1, -0.05) is 11.6 Å². The number of hydrogen-bond donors (Lipinski definition) is 1. The summed E-state index contributed by atoms with van der Waals surface area (Å²) in [7, 11) is -3.30. The second-order valence-corrected chi connectivity index (χ2v) is 7.47. The van der Waals surface area contributed by atoms with Crippen molar-refractivity contribution in [2.45, 2.75) is 12.8 Å². The third-order valence-electron chi connectivity index (χ3n) is 3.41. The van der Waals surface area contributed by atoms with E-state index >= 15 is 0 Å². The molecule has 0 bridgehead atoms. The van der Waals surface area contributed by atoms with Gasteiger partial charge >= 0.3 is 0 Å². The van der Waals surface area contributed by atoms with Crippen LogP contribution in [0.4, 0.5) is 10.1 Å². The van der Waals surface area contributed by atoms with Gasteiger partial charge in [-0.25, -0.2) is 17.1 Å². The molecule has 0 unspecified atom stereocenters. The van der Waals surface area contributed by atoms with Crippen LogP contribution >= 0.6 is 11.6 Å². The molecule has 1 aromatic carbocycles. The van der Waals surface area contributed by atoms with Crippen molar-refractivity contribution < 1.29 is 17.6 Å². The van der Waals surface area contributed by atoms with E-state index in [9.17, 15) is 17.6 Å².